The van der Waals surface area contributed by atoms with Crippen LogP contribution in [0.25, 0.3) is 11.0 Å². The molecule has 1 aromatic carbocycles. The Morgan fingerprint density at radius 3 is 2.56 bits per heavy atom. The van der Waals surface area contributed by atoms with Crippen LogP contribution in [0.3, 0.4) is 0 Å². The van der Waals surface area contributed by atoms with Crippen molar-refractivity contribution in [3.8, 4) is 5.75 Å². The van der Waals surface area contributed by atoms with Gasteiger partial charge in [-0.15, -0.1) is 0 Å². The molecule has 3 rings (SSSR count). The van der Waals surface area contributed by atoms with E-state index >= 15 is 0 Å². The van der Waals surface area contributed by atoms with Crippen LogP contribution < -0.4 is 15.4 Å². The van der Waals surface area contributed by atoms with Crippen LogP contribution in [0.5, 0.6) is 5.75 Å². The number of pyridine rings is 1. The third kappa shape index (κ3) is 4.06. The molecule has 0 atom stereocenters. The number of fused-ring (bicyclic) bond motifs is 1. The molecule has 2 heterocycles. The Kier molecular flexibility index (Phi) is 5.14. The zero-order chi connectivity index (χ0) is 17.8. The maximum Gasteiger partial charge on any atom is 0.175 e. The molecule has 0 radical (unpaired) electrons. The normalized spacial score (nSPS) is 10.9. The molecule has 2 aromatic heterocycles. The average Bonchev–Trinajstić information content (AvgIpc) is 3.00. The summed E-state index contributed by atoms with van der Waals surface area (Å²) in [6.07, 6.45) is 3.57. The number of aromatic nitrogens is 3. The minimum Gasteiger partial charge on any atom is -0.494 e. The van der Waals surface area contributed by atoms with Crippen LogP contribution in [-0.2, 0) is 0 Å². The summed E-state index contributed by atoms with van der Waals surface area (Å²) in [5.41, 5.74) is 2.58. The lowest BCUT2D eigenvalue weighted by Gasteiger charge is -2.11. The highest BCUT2D eigenvalue weighted by atomic mass is 32.1. The van der Waals surface area contributed by atoms with E-state index in [9.17, 15) is 0 Å². The second-order valence-corrected chi connectivity index (χ2v) is 6.26. The summed E-state index contributed by atoms with van der Waals surface area (Å²) in [7, 11) is 0. The number of benzene rings is 1. The molecule has 0 saturated carbocycles. The fourth-order valence-corrected chi connectivity index (χ4v) is 2.72. The number of hydrogen-bond acceptors (Lipinski definition) is 4. The zero-order valence-corrected chi connectivity index (χ0v) is 15.3. The molecule has 0 unspecified atom stereocenters. The standard InChI is InChI=1S/C18H21N5OS/c1-4-24-16-7-5-14(6-8-16)21-18(25)22-15-9-13-10-20-23(12(2)3)17(13)19-11-15/h5-12H,4H2,1-3H3,(H2,21,22,25). The monoisotopic (exact) mass is 355 g/mol. The van der Waals surface area contributed by atoms with Crippen molar-refractivity contribution in [1.29, 1.82) is 0 Å². The van der Waals surface area contributed by atoms with Crippen molar-refractivity contribution in [2.75, 3.05) is 17.2 Å². The summed E-state index contributed by atoms with van der Waals surface area (Å²) in [6, 6.07) is 9.91. The fourth-order valence-electron chi connectivity index (χ4n) is 2.48. The van der Waals surface area contributed by atoms with E-state index in [2.05, 4.69) is 34.6 Å². The molecule has 0 bridgehead atoms. The van der Waals surface area contributed by atoms with Crippen molar-refractivity contribution in [1.82, 2.24) is 14.8 Å². The van der Waals surface area contributed by atoms with Crippen molar-refractivity contribution in [2.24, 2.45) is 0 Å². The van der Waals surface area contributed by atoms with Crippen LogP contribution in [-0.4, -0.2) is 26.5 Å². The van der Waals surface area contributed by atoms with E-state index in [0.717, 1.165) is 28.2 Å². The Balaban J connectivity index is 1.67. The number of nitrogens with one attached hydrogen (secondary N) is 2. The van der Waals surface area contributed by atoms with Crippen LogP contribution in [0.1, 0.15) is 26.8 Å². The third-order valence-electron chi connectivity index (χ3n) is 3.60. The molecule has 130 valence electrons. The number of thiocarbonyl (C=S) groups is 1. The highest BCUT2D eigenvalue weighted by Crippen LogP contribution is 2.20. The fraction of sp³-hybridized carbons (Fsp3) is 0.278. The van der Waals surface area contributed by atoms with Gasteiger partial charge in [0.1, 0.15) is 5.75 Å². The molecule has 25 heavy (non-hydrogen) atoms. The Hall–Kier alpha value is -2.67. The second-order valence-electron chi connectivity index (χ2n) is 5.86. The summed E-state index contributed by atoms with van der Waals surface area (Å²) in [5.74, 6) is 0.837. The summed E-state index contributed by atoms with van der Waals surface area (Å²) >= 11 is 5.37. The van der Waals surface area contributed by atoms with Gasteiger partial charge in [-0.3, -0.25) is 0 Å². The van der Waals surface area contributed by atoms with Crippen LogP contribution >= 0.6 is 12.2 Å². The van der Waals surface area contributed by atoms with E-state index < -0.39 is 0 Å². The van der Waals surface area contributed by atoms with Crippen molar-refractivity contribution < 1.29 is 4.74 Å². The SMILES string of the molecule is CCOc1ccc(NC(=S)Nc2cnc3c(cnn3C(C)C)c2)cc1. The highest BCUT2D eigenvalue weighted by molar-refractivity contribution is 7.80. The first-order chi connectivity index (χ1) is 12.1. The van der Waals surface area contributed by atoms with Gasteiger partial charge >= 0.3 is 0 Å². The van der Waals surface area contributed by atoms with Gasteiger partial charge in [-0.2, -0.15) is 5.10 Å². The number of anilines is 2. The largest absolute Gasteiger partial charge is 0.494 e. The first kappa shape index (κ1) is 17.2. The predicted octanol–water partition coefficient (Wildman–Crippen LogP) is 4.22. The van der Waals surface area contributed by atoms with Crippen molar-refractivity contribution >= 4 is 39.7 Å². The first-order valence-electron chi connectivity index (χ1n) is 8.21. The summed E-state index contributed by atoms with van der Waals surface area (Å²) in [6.45, 7) is 6.77. The van der Waals surface area contributed by atoms with Crippen LogP contribution in [0.15, 0.2) is 42.7 Å². The van der Waals surface area contributed by atoms with E-state index in [1.807, 2.05) is 48.1 Å². The maximum atomic E-state index is 5.43. The van der Waals surface area contributed by atoms with E-state index in [4.69, 9.17) is 17.0 Å². The van der Waals surface area contributed by atoms with Crippen LogP contribution in [0, 0.1) is 0 Å². The highest BCUT2D eigenvalue weighted by Gasteiger charge is 2.08. The van der Waals surface area contributed by atoms with Gasteiger partial charge in [0, 0.05) is 17.1 Å². The van der Waals surface area contributed by atoms with Gasteiger partial charge in [0.15, 0.2) is 10.8 Å². The van der Waals surface area contributed by atoms with E-state index in [-0.39, 0.29) is 6.04 Å². The van der Waals surface area contributed by atoms with Gasteiger partial charge < -0.3 is 15.4 Å². The zero-order valence-electron chi connectivity index (χ0n) is 14.5. The molecule has 2 N–H and O–H groups in total. The minimum atomic E-state index is 0.270. The molecule has 0 spiro atoms. The Morgan fingerprint density at radius 2 is 1.88 bits per heavy atom. The second kappa shape index (κ2) is 7.48. The number of hydrogen-bond donors (Lipinski definition) is 2. The summed E-state index contributed by atoms with van der Waals surface area (Å²) in [4.78, 5) is 4.49. The molecule has 6 nitrogen and oxygen atoms in total. The van der Waals surface area contributed by atoms with Gasteiger partial charge in [0.25, 0.3) is 0 Å². The predicted molar refractivity (Wildman–Crippen MR) is 105 cm³/mol. The van der Waals surface area contributed by atoms with E-state index in [0.29, 0.717) is 11.7 Å². The number of ether oxygens (including phenoxy) is 1. The molecular weight excluding hydrogens is 334 g/mol. The van der Waals surface area contributed by atoms with Gasteiger partial charge in [-0.1, -0.05) is 0 Å². The van der Waals surface area contributed by atoms with Crippen LogP contribution in [0.2, 0.25) is 0 Å². The van der Waals surface area contributed by atoms with Crippen molar-refractivity contribution in [3.63, 3.8) is 0 Å². The van der Waals surface area contributed by atoms with Gasteiger partial charge in [0.2, 0.25) is 0 Å². The lowest BCUT2D eigenvalue weighted by Crippen LogP contribution is -2.19. The number of nitrogens with zero attached hydrogens (tertiary/aromatic N) is 3. The van der Waals surface area contributed by atoms with Crippen molar-refractivity contribution in [3.05, 3.63) is 42.7 Å². The molecule has 7 heteroatoms. The van der Waals surface area contributed by atoms with Gasteiger partial charge in [-0.25, -0.2) is 9.67 Å². The Bertz CT molecular complexity index is 873. The third-order valence-corrected chi connectivity index (χ3v) is 3.81. The summed E-state index contributed by atoms with van der Waals surface area (Å²) < 4.78 is 7.33. The van der Waals surface area contributed by atoms with Crippen molar-refractivity contribution in [2.45, 2.75) is 26.8 Å². The molecular formula is C18H21N5OS. The molecule has 0 aliphatic rings. The first-order valence-corrected chi connectivity index (χ1v) is 8.61. The Morgan fingerprint density at radius 1 is 1.16 bits per heavy atom. The maximum absolute atomic E-state index is 5.43. The molecule has 0 aliphatic carbocycles. The quantitative estimate of drug-likeness (QED) is 0.668. The lowest BCUT2D eigenvalue weighted by molar-refractivity contribution is 0.340. The molecule has 0 aliphatic heterocycles. The smallest absolute Gasteiger partial charge is 0.175 e. The van der Waals surface area contributed by atoms with Crippen LogP contribution in [0.4, 0.5) is 11.4 Å². The number of rotatable bonds is 5. The van der Waals surface area contributed by atoms with Gasteiger partial charge in [0.05, 0.1) is 24.7 Å². The molecule has 0 fully saturated rings. The van der Waals surface area contributed by atoms with E-state index in [1.165, 1.54) is 0 Å². The molecule has 0 saturated heterocycles. The van der Waals surface area contributed by atoms with Gasteiger partial charge in [-0.05, 0) is 63.3 Å². The molecule has 3 aromatic rings. The Labute approximate surface area is 152 Å². The topological polar surface area (TPSA) is 64.0 Å². The summed E-state index contributed by atoms with van der Waals surface area (Å²) in [5, 5.41) is 12.1. The van der Waals surface area contributed by atoms with E-state index in [1.54, 1.807) is 6.20 Å². The average molecular weight is 355 g/mol. The minimum absolute atomic E-state index is 0.270. The molecule has 0 amide bonds. The lowest BCUT2D eigenvalue weighted by atomic mass is 10.3.